The van der Waals surface area contributed by atoms with Crippen LogP contribution in [-0.2, 0) is 5.41 Å². The highest BCUT2D eigenvalue weighted by Gasteiger charge is 2.33. The minimum absolute atomic E-state index is 0.0734. The van der Waals surface area contributed by atoms with Crippen molar-refractivity contribution in [2.24, 2.45) is 0 Å². The lowest BCUT2D eigenvalue weighted by atomic mass is 9.76. The molecule has 0 bridgehead atoms. The Morgan fingerprint density at radius 2 is 1.54 bits per heavy atom. The molecule has 120 valence electrons. The Morgan fingerprint density at radius 3 is 2.38 bits per heavy atom. The van der Waals surface area contributed by atoms with Gasteiger partial charge in [-0.15, -0.1) is 0 Å². The van der Waals surface area contributed by atoms with Crippen molar-refractivity contribution in [3.63, 3.8) is 0 Å². The third-order valence-electron chi connectivity index (χ3n) is 4.59. The molecule has 3 aromatic carbocycles. The Kier molecular flexibility index (Phi) is 3.61. The summed E-state index contributed by atoms with van der Waals surface area (Å²) in [5, 5.41) is 3.45. The van der Waals surface area contributed by atoms with Crippen molar-refractivity contribution in [1.29, 1.82) is 0 Å². The number of para-hydroxylation sites is 2. The van der Waals surface area contributed by atoms with Crippen LogP contribution < -0.4 is 10.1 Å². The SMILES string of the molecule is CC1(C)c2ccccc2Oc2cc(Nc3ccccc3Br)ccc21. The fourth-order valence-corrected chi connectivity index (χ4v) is 3.64. The van der Waals surface area contributed by atoms with Gasteiger partial charge in [0.05, 0.1) is 5.69 Å². The molecular weight excluding hydrogens is 362 g/mol. The first-order valence-corrected chi connectivity index (χ1v) is 8.78. The van der Waals surface area contributed by atoms with Crippen molar-refractivity contribution in [2.75, 3.05) is 5.32 Å². The van der Waals surface area contributed by atoms with Crippen molar-refractivity contribution in [3.8, 4) is 11.5 Å². The van der Waals surface area contributed by atoms with Gasteiger partial charge in [0, 0.05) is 32.8 Å². The van der Waals surface area contributed by atoms with E-state index in [4.69, 9.17) is 4.74 Å². The van der Waals surface area contributed by atoms with Crippen LogP contribution in [0.2, 0.25) is 0 Å². The summed E-state index contributed by atoms with van der Waals surface area (Å²) in [7, 11) is 0. The summed E-state index contributed by atoms with van der Waals surface area (Å²) in [5.41, 5.74) is 4.40. The summed E-state index contributed by atoms with van der Waals surface area (Å²) in [6.45, 7) is 4.49. The Morgan fingerprint density at radius 1 is 0.833 bits per heavy atom. The quantitative estimate of drug-likeness (QED) is 0.539. The highest BCUT2D eigenvalue weighted by Crippen LogP contribution is 2.48. The van der Waals surface area contributed by atoms with Crippen LogP contribution >= 0.6 is 15.9 Å². The number of ether oxygens (including phenoxy) is 1. The molecule has 0 spiro atoms. The maximum atomic E-state index is 6.17. The van der Waals surface area contributed by atoms with E-state index >= 15 is 0 Å². The Balaban J connectivity index is 1.74. The van der Waals surface area contributed by atoms with Crippen molar-refractivity contribution < 1.29 is 4.74 Å². The van der Waals surface area contributed by atoms with E-state index in [0.29, 0.717) is 0 Å². The molecule has 0 saturated carbocycles. The maximum Gasteiger partial charge on any atom is 0.133 e. The largest absolute Gasteiger partial charge is 0.457 e. The van der Waals surface area contributed by atoms with Gasteiger partial charge in [0.1, 0.15) is 11.5 Å². The summed E-state index contributed by atoms with van der Waals surface area (Å²) >= 11 is 3.57. The van der Waals surface area contributed by atoms with Gasteiger partial charge >= 0.3 is 0 Å². The zero-order valence-electron chi connectivity index (χ0n) is 13.6. The molecule has 2 nitrogen and oxygen atoms in total. The van der Waals surface area contributed by atoms with E-state index < -0.39 is 0 Å². The van der Waals surface area contributed by atoms with Crippen LogP contribution in [0.5, 0.6) is 11.5 Å². The van der Waals surface area contributed by atoms with E-state index in [9.17, 15) is 0 Å². The Hall–Kier alpha value is -2.26. The summed E-state index contributed by atoms with van der Waals surface area (Å²) in [6.07, 6.45) is 0. The molecule has 1 aliphatic rings. The molecule has 1 N–H and O–H groups in total. The van der Waals surface area contributed by atoms with E-state index in [-0.39, 0.29) is 5.41 Å². The molecule has 0 aromatic heterocycles. The molecule has 0 unspecified atom stereocenters. The van der Waals surface area contributed by atoms with E-state index in [0.717, 1.165) is 27.3 Å². The van der Waals surface area contributed by atoms with E-state index in [1.165, 1.54) is 11.1 Å². The lowest BCUT2D eigenvalue weighted by Gasteiger charge is -2.34. The van der Waals surface area contributed by atoms with Gasteiger partial charge in [-0.1, -0.05) is 50.2 Å². The maximum absolute atomic E-state index is 6.17. The number of hydrogen-bond acceptors (Lipinski definition) is 2. The first kappa shape index (κ1) is 15.3. The predicted molar refractivity (Wildman–Crippen MR) is 103 cm³/mol. The minimum atomic E-state index is -0.0734. The third-order valence-corrected chi connectivity index (χ3v) is 5.28. The third kappa shape index (κ3) is 2.49. The fraction of sp³-hybridized carbons (Fsp3) is 0.143. The number of nitrogens with one attached hydrogen (secondary N) is 1. The van der Waals surface area contributed by atoms with Crippen LogP contribution in [0.1, 0.15) is 25.0 Å². The van der Waals surface area contributed by atoms with Crippen molar-refractivity contribution in [2.45, 2.75) is 19.3 Å². The molecule has 0 aliphatic carbocycles. The number of hydrogen-bond donors (Lipinski definition) is 1. The first-order chi connectivity index (χ1) is 11.6. The monoisotopic (exact) mass is 379 g/mol. The smallest absolute Gasteiger partial charge is 0.133 e. The number of anilines is 2. The molecule has 0 radical (unpaired) electrons. The van der Waals surface area contributed by atoms with Gasteiger partial charge in [-0.2, -0.15) is 0 Å². The average Bonchev–Trinajstić information content (AvgIpc) is 2.57. The van der Waals surface area contributed by atoms with Crippen LogP contribution in [0.25, 0.3) is 0 Å². The van der Waals surface area contributed by atoms with Gasteiger partial charge in [0.2, 0.25) is 0 Å². The second-order valence-corrected chi connectivity index (χ2v) is 7.39. The lowest BCUT2D eigenvalue weighted by Crippen LogP contribution is -2.24. The molecule has 0 saturated heterocycles. The van der Waals surface area contributed by atoms with E-state index in [1.807, 2.05) is 36.4 Å². The van der Waals surface area contributed by atoms with Crippen molar-refractivity contribution >= 4 is 27.3 Å². The number of rotatable bonds is 2. The Labute approximate surface area is 150 Å². The molecule has 0 atom stereocenters. The van der Waals surface area contributed by atoms with Gasteiger partial charge < -0.3 is 10.1 Å². The van der Waals surface area contributed by atoms with Crippen LogP contribution in [-0.4, -0.2) is 0 Å². The Bertz CT molecular complexity index is 917. The van der Waals surface area contributed by atoms with Gasteiger partial charge in [-0.25, -0.2) is 0 Å². The highest BCUT2D eigenvalue weighted by atomic mass is 79.9. The molecule has 0 amide bonds. The summed E-state index contributed by atoms with van der Waals surface area (Å²) in [6, 6.07) is 22.7. The van der Waals surface area contributed by atoms with Gasteiger partial charge in [-0.05, 0) is 40.2 Å². The zero-order valence-corrected chi connectivity index (χ0v) is 15.2. The van der Waals surface area contributed by atoms with Crippen LogP contribution in [0, 0.1) is 0 Å². The molecule has 0 fully saturated rings. The minimum Gasteiger partial charge on any atom is -0.457 e. The molecule has 1 heterocycles. The topological polar surface area (TPSA) is 21.3 Å². The van der Waals surface area contributed by atoms with Crippen molar-refractivity contribution in [3.05, 3.63) is 82.3 Å². The second kappa shape index (κ2) is 5.67. The summed E-state index contributed by atoms with van der Waals surface area (Å²) < 4.78 is 7.21. The highest BCUT2D eigenvalue weighted by molar-refractivity contribution is 9.10. The normalized spacial score (nSPS) is 14.3. The van der Waals surface area contributed by atoms with Crippen LogP contribution in [0.4, 0.5) is 11.4 Å². The molecule has 3 aromatic rings. The fourth-order valence-electron chi connectivity index (χ4n) is 3.25. The average molecular weight is 380 g/mol. The molecule has 4 rings (SSSR count). The molecular formula is C21H18BrNO. The van der Waals surface area contributed by atoms with E-state index in [1.54, 1.807) is 0 Å². The lowest BCUT2D eigenvalue weighted by molar-refractivity contribution is 0.418. The summed E-state index contributed by atoms with van der Waals surface area (Å²) in [5.74, 6) is 1.85. The van der Waals surface area contributed by atoms with Crippen LogP contribution in [0.15, 0.2) is 71.2 Å². The second-order valence-electron chi connectivity index (χ2n) is 6.54. The predicted octanol–water partition coefficient (Wildman–Crippen LogP) is 6.62. The van der Waals surface area contributed by atoms with Crippen LogP contribution in [0.3, 0.4) is 0 Å². The number of benzene rings is 3. The number of fused-ring (bicyclic) bond motifs is 2. The standard InChI is InChI=1S/C21H18BrNO/c1-21(2)15-7-3-6-10-19(15)24-20-13-14(11-12-16(20)21)23-18-9-5-4-8-17(18)22/h3-13,23H,1-2H3. The van der Waals surface area contributed by atoms with Gasteiger partial charge in [0.15, 0.2) is 0 Å². The molecule has 24 heavy (non-hydrogen) atoms. The van der Waals surface area contributed by atoms with Gasteiger partial charge in [0.25, 0.3) is 0 Å². The first-order valence-electron chi connectivity index (χ1n) is 7.99. The summed E-state index contributed by atoms with van der Waals surface area (Å²) in [4.78, 5) is 0. The molecule has 3 heteroatoms. The number of halogens is 1. The van der Waals surface area contributed by atoms with Crippen molar-refractivity contribution in [1.82, 2.24) is 0 Å². The molecule has 1 aliphatic heterocycles. The zero-order chi connectivity index (χ0) is 16.7. The van der Waals surface area contributed by atoms with E-state index in [2.05, 4.69) is 65.4 Å². The van der Waals surface area contributed by atoms with Gasteiger partial charge in [-0.3, -0.25) is 0 Å².